The molecule has 0 spiro atoms. The van der Waals surface area contributed by atoms with Crippen molar-refractivity contribution in [1.29, 1.82) is 0 Å². The number of carbonyl (C=O) groups excluding carboxylic acids is 1. The summed E-state index contributed by atoms with van der Waals surface area (Å²) in [7, 11) is -4.19. The summed E-state index contributed by atoms with van der Waals surface area (Å²) in [4.78, 5) is 10.0. The number of benzene rings is 1. The van der Waals surface area contributed by atoms with Crippen molar-refractivity contribution < 1.29 is 22.2 Å². The van der Waals surface area contributed by atoms with Gasteiger partial charge in [0.25, 0.3) is 10.1 Å². The van der Waals surface area contributed by atoms with E-state index in [9.17, 15) is 13.2 Å². The largest absolute Gasteiger partial charge is 0.457 e. The van der Waals surface area contributed by atoms with Crippen molar-refractivity contribution in [1.82, 2.24) is 0 Å². The molecular weight excluding hydrogens is 268 g/mol. The normalized spacial score (nSPS) is 11.8. The van der Waals surface area contributed by atoms with E-state index in [1.54, 1.807) is 12.1 Å². The van der Waals surface area contributed by atoms with Crippen molar-refractivity contribution in [2.45, 2.75) is 4.90 Å². The first kappa shape index (κ1) is 13.3. The van der Waals surface area contributed by atoms with E-state index >= 15 is 0 Å². The lowest BCUT2D eigenvalue weighted by molar-refractivity contribution is -0.104. The van der Waals surface area contributed by atoms with Gasteiger partial charge in [-0.1, -0.05) is 0 Å². The van der Waals surface area contributed by atoms with Crippen LogP contribution in [0.15, 0.2) is 51.8 Å². The average Bonchev–Trinajstić information content (AvgIpc) is 2.84. The fourth-order valence-corrected chi connectivity index (χ4v) is 2.00. The highest BCUT2D eigenvalue weighted by Crippen LogP contribution is 2.24. The molecule has 0 bridgehead atoms. The lowest BCUT2D eigenvalue weighted by atomic mass is 10.2. The minimum Gasteiger partial charge on any atom is -0.457 e. The molecule has 1 aromatic heterocycles. The zero-order valence-corrected chi connectivity index (χ0v) is 10.5. The Morgan fingerprint density at radius 1 is 1.05 bits per heavy atom. The molecule has 0 saturated heterocycles. The second-order valence-corrected chi connectivity index (χ2v) is 5.12. The van der Waals surface area contributed by atoms with E-state index in [2.05, 4.69) is 0 Å². The molecule has 0 fully saturated rings. The van der Waals surface area contributed by atoms with Gasteiger partial charge in [-0.05, 0) is 48.6 Å². The molecule has 2 aromatic rings. The molecule has 19 heavy (non-hydrogen) atoms. The van der Waals surface area contributed by atoms with Crippen molar-refractivity contribution in [3.05, 3.63) is 48.2 Å². The first-order valence-electron chi connectivity index (χ1n) is 5.30. The van der Waals surface area contributed by atoms with Crippen LogP contribution < -0.4 is 0 Å². The molecular formula is C13H10O5S. The summed E-state index contributed by atoms with van der Waals surface area (Å²) in [6, 6.07) is 9.01. The molecule has 5 nitrogen and oxygen atoms in total. The van der Waals surface area contributed by atoms with Gasteiger partial charge >= 0.3 is 0 Å². The van der Waals surface area contributed by atoms with E-state index < -0.39 is 10.1 Å². The first-order valence-corrected chi connectivity index (χ1v) is 6.74. The zero-order chi connectivity index (χ0) is 13.9. The van der Waals surface area contributed by atoms with Crippen LogP contribution in [0.2, 0.25) is 0 Å². The maximum atomic E-state index is 10.9. The fraction of sp³-hybridized carbons (Fsp3) is 0. The second kappa shape index (κ2) is 5.21. The van der Waals surface area contributed by atoms with Gasteiger partial charge in [0.05, 0.1) is 4.90 Å². The number of aldehydes is 1. The smallest absolute Gasteiger partial charge is 0.294 e. The minimum atomic E-state index is -4.19. The van der Waals surface area contributed by atoms with Gasteiger partial charge in [0.15, 0.2) is 0 Å². The Morgan fingerprint density at radius 2 is 1.74 bits per heavy atom. The first-order chi connectivity index (χ1) is 9.00. The van der Waals surface area contributed by atoms with E-state index in [4.69, 9.17) is 8.97 Å². The van der Waals surface area contributed by atoms with Crippen LogP contribution in [0.25, 0.3) is 17.4 Å². The monoisotopic (exact) mass is 278 g/mol. The number of allylic oxidation sites excluding steroid dienone is 1. The summed E-state index contributed by atoms with van der Waals surface area (Å²) >= 11 is 0. The highest BCUT2D eigenvalue weighted by Gasteiger charge is 2.10. The summed E-state index contributed by atoms with van der Waals surface area (Å²) in [5, 5.41) is 0. The van der Waals surface area contributed by atoms with Crippen LogP contribution in [-0.2, 0) is 14.9 Å². The van der Waals surface area contributed by atoms with Crippen LogP contribution in [0.3, 0.4) is 0 Å². The van der Waals surface area contributed by atoms with Gasteiger partial charge in [-0.2, -0.15) is 8.42 Å². The minimum absolute atomic E-state index is 0.177. The number of hydrogen-bond donors (Lipinski definition) is 1. The predicted octanol–water partition coefficient (Wildman–Crippen LogP) is 2.41. The summed E-state index contributed by atoms with van der Waals surface area (Å²) in [6.07, 6.45) is 3.47. The van der Waals surface area contributed by atoms with Crippen LogP contribution in [0, 0.1) is 0 Å². The molecule has 0 radical (unpaired) electrons. The van der Waals surface area contributed by atoms with E-state index in [0.717, 1.165) is 0 Å². The Labute approximate surface area is 109 Å². The molecule has 1 heterocycles. The SMILES string of the molecule is O=CC=Cc1ccc(-c2ccc(S(=O)(=O)O)cc2)o1. The molecule has 0 unspecified atom stereocenters. The fourth-order valence-electron chi connectivity index (χ4n) is 1.52. The van der Waals surface area contributed by atoms with Crippen LogP contribution in [0.4, 0.5) is 0 Å². The van der Waals surface area contributed by atoms with Gasteiger partial charge in [0.2, 0.25) is 0 Å². The van der Waals surface area contributed by atoms with Gasteiger partial charge in [-0.15, -0.1) is 0 Å². The summed E-state index contributed by atoms with van der Waals surface area (Å²) in [5.74, 6) is 1.05. The predicted molar refractivity (Wildman–Crippen MR) is 69.1 cm³/mol. The lowest BCUT2D eigenvalue weighted by Gasteiger charge is -1.99. The summed E-state index contributed by atoms with van der Waals surface area (Å²) in [6.45, 7) is 0. The second-order valence-electron chi connectivity index (χ2n) is 3.70. The van der Waals surface area contributed by atoms with Crippen molar-refractivity contribution in [2.75, 3.05) is 0 Å². The van der Waals surface area contributed by atoms with Crippen molar-refractivity contribution in [3.8, 4) is 11.3 Å². The van der Waals surface area contributed by atoms with E-state index in [1.807, 2.05) is 0 Å². The zero-order valence-electron chi connectivity index (χ0n) is 9.68. The quantitative estimate of drug-likeness (QED) is 0.527. The van der Waals surface area contributed by atoms with Gasteiger partial charge in [-0.3, -0.25) is 9.35 Å². The third-order valence-corrected chi connectivity index (χ3v) is 3.27. The van der Waals surface area contributed by atoms with E-state index in [1.165, 1.54) is 36.4 Å². The van der Waals surface area contributed by atoms with Crippen molar-refractivity contribution in [3.63, 3.8) is 0 Å². The highest BCUT2D eigenvalue weighted by molar-refractivity contribution is 7.85. The van der Waals surface area contributed by atoms with E-state index in [0.29, 0.717) is 23.4 Å². The third-order valence-electron chi connectivity index (χ3n) is 2.40. The molecule has 0 atom stereocenters. The molecule has 0 amide bonds. The molecule has 0 aliphatic heterocycles. The number of hydrogen-bond acceptors (Lipinski definition) is 4. The molecule has 1 aromatic carbocycles. The molecule has 2 rings (SSSR count). The highest BCUT2D eigenvalue weighted by atomic mass is 32.2. The number of rotatable bonds is 4. The maximum Gasteiger partial charge on any atom is 0.294 e. The van der Waals surface area contributed by atoms with Gasteiger partial charge in [0, 0.05) is 5.56 Å². The van der Waals surface area contributed by atoms with Crippen LogP contribution in [0.5, 0.6) is 0 Å². The Morgan fingerprint density at radius 3 is 2.32 bits per heavy atom. The van der Waals surface area contributed by atoms with Crippen LogP contribution >= 0.6 is 0 Å². The summed E-state index contributed by atoms with van der Waals surface area (Å²) < 4.78 is 36.1. The van der Waals surface area contributed by atoms with Gasteiger partial charge in [-0.25, -0.2) is 0 Å². The van der Waals surface area contributed by atoms with Crippen LogP contribution in [-0.4, -0.2) is 19.3 Å². The van der Waals surface area contributed by atoms with Crippen molar-refractivity contribution in [2.24, 2.45) is 0 Å². The molecule has 0 aliphatic rings. The topological polar surface area (TPSA) is 84.6 Å². The molecule has 0 saturated carbocycles. The standard InChI is InChI=1S/C13H10O5S/c14-9-1-2-11-5-8-13(18-11)10-3-6-12(7-4-10)19(15,16)17/h1-9H,(H,15,16,17). The Balaban J connectivity index is 2.30. The van der Waals surface area contributed by atoms with Gasteiger partial charge < -0.3 is 4.42 Å². The Kier molecular flexibility index (Phi) is 3.64. The average molecular weight is 278 g/mol. The third kappa shape index (κ3) is 3.18. The Bertz CT molecular complexity index is 708. The van der Waals surface area contributed by atoms with Gasteiger partial charge in [0.1, 0.15) is 17.8 Å². The van der Waals surface area contributed by atoms with Crippen LogP contribution in [0.1, 0.15) is 5.76 Å². The molecule has 1 N–H and O–H groups in total. The molecule has 98 valence electrons. The summed E-state index contributed by atoms with van der Waals surface area (Å²) in [5.41, 5.74) is 0.665. The number of furan rings is 1. The van der Waals surface area contributed by atoms with E-state index in [-0.39, 0.29) is 4.90 Å². The lowest BCUT2D eigenvalue weighted by Crippen LogP contribution is -1.96. The molecule has 0 aliphatic carbocycles. The Hall–Kier alpha value is -2.18. The van der Waals surface area contributed by atoms with Crippen molar-refractivity contribution >= 4 is 22.5 Å². The maximum absolute atomic E-state index is 10.9. The number of carbonyl (C=O) groups is 1. The molecule has 6 heteroatoms.